The summed E-state index contributed by atoms with van der Waals surface area (Å²) in [6.07, 6.45) is 11.5. The van der Waals surface area contributed by atoms with E-state index >= 15 is 0 Å². The Balaban J connectivity index is 0.000000479. The second kappa shape index (κ2) is 14.0. The van der Waals surface area contributed by atoms with Gasteiger partial charge in [-0.2, -0.15) is 0 Å². The van der Waals surface area contributed by atoms with Crippen molar-refractivity contribution in [2.75, 3.05) is 20.6 Å². The number of benzene rings is 3. The average Bonchev–Trinajstić information content (AvgIpc) is 3.35. The van der Waals surface area contributed by atoms with E-state index in [2.05, 4.69) is 68.3 Å². The number of amides is 1. The number of fused-ring (bicyclic) bond motifs is 1. The van der Waals surface area contributed by atoms with E-state index in [1.165, 1.54) is 11.1 Å². The van der Waals surface area contributed by atoms with Crippen LogP contribution in [0, 0.1) is 0 Å². The molecule has 0 aromatic heterocycles. The molecule has 0 radical (unpaired) electrons. The molecule has 1 aliphatic carbocycles. The SMILES string of the molecule is C=c1cccc/c1=C/C(=C\C)CN(C(=O)c1ccccc1)C1CCc2ccccc21.CC/C=C\N(C)C. The van der Waals surface area contributed by atoms with E-state index in [1.807, 2.05) is 79.3 Å². The quantitative estimate of drug-likeness (QED) is 0.396. The highest BCUT2D eigenvalue weighted by Crippen LogP contribution is 2.36. The largest absolute Gasteiger partial charge is 0.384 e. The van der Waals surface area contributed by atoms with Crippen LogP contribution in [0.3, 0.4) is 0 Å². The van der Waals surface area contributed by atoms with Gasteiger partial charge in [-0.25, -0.2) is 0 Å². The second-order valence-electron chi connectivity index (χ2n) is 9.52. The van der Waals surface area contributed by atoms with Crippen molar-refractivity contribution in [2.45, 2.75) is 39.2 Å². The molecular formula is C34H40N2O. The molecule has 3 nitrogen and oxygen atoms in total. The van der Waals surface area contributed by atoms with Crippen LogP contribution in [0.1, 0.15) is 54.2 Å². The predicted molar refractivity (Wildman–Crippen MR) is 158 cm³/mol. The first-order valence-corrected chi connectivity index (χ1v) is 13.1. The van der Waals surface area contributed by atoms with Gasteiger partial charge in [-0.3, -0.25) is 4.79 Å². The topological polar surface area (TPSA) is 23.6 Å². The van der Waals surface area contributed by atoms with Gasteiger partial charge in [-0.05, 0) is 77.7 Å². The van der Waals surface area contributed by atoms with Crippen molar-refractivity contribution < 1.29 is 4.79 Å². The molecule has 0 N–H and O–H groups in total. The monoisotopic (exact) mass is 492 g/mol. The first-order valence-electron chi connectivity index (χ1n) is 13.1. The molecule has 37 heavy (non-hydrogen) atoms. The summed E-state index contributed by atoms with van der Waals surface area (Å²) in [6, 6.07) is 26.3. The van der Waals surface area contributed by atoms with Gasteiger partial charge in [0.05, 0.1) is 6.04 Å². The van der Waals surface area contributed by atoms with Gasteiger partial charge in [0.1, 0.15) is 0 Å². The number of hydrogen-bond donors (Lipinski definition) is 0. The predicted octanol–water partition coefficient (Wildman–Crippen LogP) is 6.13. The first kappa shape index (κ1) is 27.7. The summed E-state index contributed by atoms with van der Waals surface area (Å²) in [5.41, 5.74) is 4.46. The molecule has 3 aromatic rings. The van der Waals surface area contributed by atoms with E-state index in [0.29, 0.717) is 6.54 Å². The average molecular weight is 493 g/mol. The lowest BCUT2D eigenvalue weighted by Gasteiger charge is -2.30. The highest BCUT2D eigenvalue weighted by atomic mass is 16.2. The fourth-order valence-electron chi connectivity index (χ4n) is 4.54. The number of allylic oxidation sites excluding steroid dienone is 2. The van der Waals surface area contributed by atoms with Crippen molar-refractivity contribution in [1.82, 2.24) is 9.80 Å². The van der Waals surface area contributed by atoms with Crippen molar-refractivity contribution in [1.29, 1.82) is 0 Å². The maximum Gasteiger partial charge on any atom is 0.254 e. The Morgan fingerprint density at radius 3 is 2.30 bits per heavy atom. The first-order chi connectivity index (χ1) is 17.9. The second-order valence-corrected chi connectivity index (χ2v) is 9.52. The third kappa shape index (κ3) is 7.82. The number of hydrogen-bond acceptors (Lipinski definition) is 2. The van der Waals surface area contributed by atoms with E-state index in [1.54, 1.807) is 0 Å². The lowest BCUT2D eigenvalue weighted by molar-refractivity contribution is 0.0698. The van der Waals surface area contributed by atoms with Crippen LogP contribution in [-0.2, 0) is 6.42 Å². The van der Waals surface area contributed by atoms with Crippen molar-refractivity contribution in [2.24, 2.45) is 0 Å². The van der Waals surface area contributed by atoms with Crippen LogP contribution in [-0.4, -0.2) is 36.3 Å². The molecule has 0 fully saturated rings. The Labute approximate surface area is 222 Å². The number of aryl methyl sites for hydroxylation is 1. The molecule has 1 unspecified atom stereocenters. The molecule has 0 spiro atoms. The molecule has 1 amide bonds. The third-order valence-electron chi connectivity index (χ3n) is 6.52. The summed E-state index contributed by atoms with van der Waals surface area (Å²) >= 11 is 0. The Morgan fingerprint density at radius 2 is 1.65 bits per heavy atom. The van der Waals surface area contributed by atoms with E-state index in [0.717, 1.165) is 40.8 Å². The molecule has 3 heteroatoms. The van der Waals surface area contributed by atoms with Crippen molar-refractivity contribution in [3.8, 4) is 0 Å². The van der Waals surface area contributed by atoms with Crippen LogP contribution in [0.15, 0.2) is 103 Å². The molecule has 0 aliphatic heterocycles. The Morgan fingerprint density at radius 1 is 0.973 bits per heavy atom. The summed E-state index contributed by atoms with van der Waals surface area (Å²) in [7, 11) is 4.04. The fourth-order valence-corrected chi connectivity index (χ4v) is 4.54. The van der Waals surface area contributed by atoms with Crippen LogP contribution in [0.2, 0.25) is 0 Å². The van der Waals surface area contributed by atoms with Crippen molar-refractivity contribution >= 4 is 18.6 Å². The lowest BCUT2D eigenvalue weighted by Crippen LogP contribution is -2.36. The highest BCUT2D eigenvalue weighted by molar-refractivity contribution is 5.95. The van der Waals surface area contributed by atoms with Gasteiger partial charge in [0.25, 0.3) is 5.91 Å². The standard InChI is InChI=1S/C28H27NO.C6H13N/c1-3-22(19-25-15-8-7-11-21(25)2)20-29(28(30)24-13-5-4-6-14-24)27-18-17-23-12-9-10-16-26(23)27;1-4-5-6-7(2)3/h3-16,19,27H,2,17-18,20H2,1H3;5-6H,4H2,1-3H3/b22-3+,25-19-;6-5-. The molecule has 0 bridgehead atoms. The fraction of sp³-hybridized carbons (Fsp3) is 0.265. The molecule has 0 heterocycles. The zero-order valence-corrected chi connectivity index (χ0v) is 22.7. The van der Waals surface area contributed by atoms with E-state index in [-0.39, 0.29) is 11.9 Å². The Hall–Kier alpha value is -3.85. The zero-order valence-electron chi connectivity index (χ0n) is 22.7. The van der Waals surface area contributed by atoms with Crippen LogP contribution in [0.4, 0.5) is 0 Å². The van der Waals surface area contributed by atoms with Gasteiger partial charge >= 0.3 is 0 Å². The summed E-state index contributed by atoms with van der Waals surface area (Å²) in [5.74, 6) is 0.0768. The van der Waals surface area contributed by atoms with Crippen molar-refractivity contribution in [3.63, 3.8) is 0 Å². The van der Waals surface area contributed by atoms with Crippen LogP contribution < -0.4 is 10.4 Å². The van der Waals surface area contributed by atoms with Crippen molar-refractivity contribution in [3.05, 3.63) is 130 Å². The van der Waals surface area contributed by atoms with Crippen LogP contribution >= 0.6 is 0 Å². The molecule has 0 saturated heterocycles. The normalized spacial score (nSPS) is 15.2. The van der Waals surface area contributed by atoms with Gasteiger partial charge < -0.3 is 9.80 Å². The van der Waals surface area contributed by atoms with Gasteiger partial charge in [-0.15, -0.1) is 0 Å². The highest BCUT2D eigenvalue weighted by Gasteiger charge is 2.31. The third-order valence-corrected chi connectivity index (χ3v) is 6.52. The maximum absolute atomic E-state index is 13.6. The number of rotatable bonds is 7. The molecule has 1 atom stereocenters. The Kier molecular flexibility index (Phi) is 10.5. The van der Waals surface area contributed by atoms with Gasteiger partial charge in [0, 0.05) is 26.2 Å². The smallest absolute Gasteiger partial charge is 0.254 e. The summed E-state index contributed by atoms with van der Waals surface area (Å²) in [5, 5.41) is 2.08. The minimum atomic E-state index is 0.0768. The Bertz CT molecular complexity index is 1320. The van der Waals surface area contributed by atoms with Gasteiger partial charge in [-0.1, -0.05) is 92.4 Å². The van der Waals surface area contributed by atoms with Crippen LogP contribution in [0.25, 0.3) is 12.7 Å². The summed E-state index contributed by atoms with van der Waals surface area (Å²) in [4.78, 5) is 17.7. The molecule has 3 aromatic carbocycles. The molecule has 1 aliphatic rings. The molecule has 0 saturated carbocycles. The zero-order chi connectivity index (χ0) is 26.6. The summed E-state index contributed by atoms with van der Waals surface area (Å²) < 4.78 is 0. The minimum Gasteiger partial charge on any atom is -0.384 e. The summed E-state index contributed by atoms with van der Waals surface area (Å²) in [6.45, 7) is 8.86. The maximum atomic E-state index is 13.6. The lowest BCUT2D eigenvalue weighted by atomic mass is 10.0. The number of nitrogens with zero attached hydrogens (tertiary/aromatic N) is 2. The van der Waals surface area contributed by atoms with Crippen LogP contribution in [0.5, 0.6) is 0 Å². The van der Waals surface area contributed by atoms with E-state index in [4.69, 9.17) is 0 Å². The molecule has 192 valence electrons. The molecule has 4 rings (SSSR count). The van der Waals surface area contributed by atoms with E-state index < -0.39 is 0 Å². The van der Waals surface area contributed by atoms with Gasteiger partial charge in [0.15, 0.2) is 0 Å². The van der Waals surface area contributed by atoms with E-state index in [9.17, 15) is 4.79 Å². The number of carbonyl (C=O) groups excluding carboxylic acids is 1. The minimum absolute atomic E-state index is 0.0768. The molecular weight excluding hydrogens is 452 g/mol. The number of carbonyl (C=O) groups is 1. The van der Waals surface area contributed by atoms with Gasteiger partial charge in [0.2, 0.25) is 0 Å².